The van der Waals surface area contributed by atoms with Gasteiger partial charge in [0.25, 0.3) is 0 Å². The predicted octanol–water partition coefficient (Wildman–Crippen LogP) is 4.41. The molecule has 3 rings (SSSR count). The van der Waals surface area contributed by atoms with Gasteiger partial charge in [-0.2, -0.15) is 0 Å². The molecule has 0 amide bonds. The Hall–Kier alpha value is -2.77. The molecule has 1 aromatic heterocycles. The summed E-state index contributed by atoms with van der Waals surface area (Å²) in [5, 5.41) is -0.408. The number of nitrogens with zero attached hydrogens (tertiary/aromatic N) is 1. The average Bonchev–Trinajstić information content (AvgIpc) is 2.76. The zero-order chi connectivity index (χ0) is 21.7. The van der Waals surface area contributed by atoms with Crippen LogP contribution >= 0.6 is 11.6 Å². The fraction of sp³-hybridized carbons (Fsp3) is 0.227. The van der Waals surface area contributed by atoms with Crippen molar-refractivity contribution in [2.75, 3.05) is 20.5 Å². The third-order valence-electron chi connectivity index (χ3n) is 4.49. The van der Waals surface area contributed by atoms with Gasteiger partial charge in [-0.15, -0.1) is 11.6 Å². The summed E-state index contributed by atoms with van der Waals surface area (Å²) < 4.78 is 39.3. The van der Waals surface area contributed by atoms with Crippen molar-refractivity contribution in [1.82, 2.24) is 4.98 Å². The van der Waals surface area contributed by atoms with E-state index in [1.807, 2.05) is 24.3 Å². The first-order chi connectivity index (χ1) is 14.3. The van der Waals surface area contributed by atoms with Crippen LogP contribution in [0.15, 0.2) is 65.7 Å². The maximum absolute atomic E-state index is 11.5. The monoisotopic (exact) mass is 447 g/mol. The van der Waals surface area contributed by atoms with Gasteiger partial charge < -0.3 is 14.2 Å². The first-order valence-corrected chi connectivity index (χ1v) is 11.4. The third-order valence-corrected chi connectivity index (χ3v) is 6.12. The van der Waals surface area contributed by atoms with Gasteiger partial charge in [0.1, 0.15) is 6.61 Å². The number of aromatic nitrogens is 1. The second kappa shape index (κ2) is 9.36. The SMILES string of the molecule is COc1ccc(C(Cl)c2ccc(OCc3ccc(S(C)(=O)=O)cc3)nc2)cc1OC. The van der Waals surface area contributed by atoms with Crippen molar-refractivity contribution in [3.63, 3.8) is 0 Å². The minimum atomic E-state index is -3.21. The number of hydrogen-bond donors (Lipinski definition) is 0. The van der Waals surface area contributed by atoms with Crippen molar-refractivity contribution in [2.24, 2.45) is 0 Å². The second-order valence-corrected chi connectivity index (χ2v) is 9.06. The van der Waals surface area contributed by atoms with Gasteiger partial charge in [0.15, 0.2) is 21.3 Å². The summed E-state index contributed by atoms with van der Waals surface area (Å²) in [5.41, 5.74) is 2.51. The number of sulfone groups is 1. The van der Waals surface area contributed by atoms with E-state index >= 15 is 0 Å². The molecule has 0 fully saturated rings. The van der Waals surface area contributed by atoms with Gasteiger partial charge in [0.05, 0.1) is 24.5 Å². The number of benzene rings is 2. The van der Waals surface area contributed by atoms with Crippen molar-refractivity contribution in [3.8, 4) is 17.4 Å². The van der Waals surface area contributed by atoms with E-state index in [2.05, 4.69) is 4.98 Å². The van der Waals surface area contributed by atoms with Gasteiger partial charge in [-0.3, -0.25) is 0 Å². The molecule has 0 aliphatic rings. The van der Waals surface area contributed by atoms with E-state index in [0.29, 0.717) is 17.4 Å². The highest BCUT2D eigenvalue weighted by Gasteiger charge is 2.15. The van der Waals surface area contributed by atoms with Gasteiger partial charge in [-0.1, -0.05) is 24.3 Å². The third kappa shape index (κ3) is 5.23. The van der Waals surface area contributed by atoms with Crippen molar-refractivity contribution in [3.05, 3.63) is 77.5 Å². The summed E-state index contributed by atoms with van der Waals surface area (Å²) >= 11 is 6.61. The molecule has 0 N–H and O–H groups in total. The van der Waals surface area contributed by atoms with Crippen LogP contribution in [0.2, 0.25) is 0 Å². The van der Waals surface area contributed by atoms with Crippen LogP contribution < -0.4 is 14.2 Å². The fourth-order valence-corrected chi connectivity index (χ4v) is 3.72. The molecule has 0 radical (unpaired) electrons. The van der Waals surface area contributed by atoms with E-state index in [0.717, 1.165) is 16.7 Å². The van der Waals surface area contributed by atoms with Crippen LogP contribution in [0.3, 0.4) is 0 Å². The summed E-state index contributed by atoms with van der Waals surface area (Å²) in [6.45, 7) is 0.274. The number of methoxy groups -OCH3 is 2. The molecule has 6 nitrogen and oxygen atoms in total. The molecule has 1 atom stereocenters. The second-order valence-electron chi connectivity index (χ2n) is 6.61. The quantitative estimate of drug-likeness (QED) is 0.476. The summed E-state index contributed by atoms with van der Waals surface area (Å²) in [6.07, 6.45) is 2.84. The number of pyridine rings is 1. The van der Waals surface area contributed by atoms with Crippen LogP contribution in [0.5, 0.6) is 17.4 Å². The van der Waals surface area contributed by atoms with Crippen LogP contribution in [0, 0.1) is 0 Å². The van der Waals surface area contributed by atoms with Crippen LogP contribution in [0.4, 0.5) is 0 Å². The number of ether oxygens (including phenoxy) is 3. The van der Waals surface area contributed by atoms with E-state index < -0.39 is 15.2 Å². The Morgan fingerprint density at radius 2 is 1.60 bits per heavy atom. The minimum absolute atomic E-state index is 0.274. The average molecular weight is 448 g/mol. The fourth-order valence-electron chi connectivity index (χ4n) is 2.82. The summed E-state index contributed by atoms with van der Waals surface area (Å²) in [7, 11) is -0.0532. The highest BCUT2D eigenvalue weighted by atomic mass is 35.5. The lowest BCUT2D eigenvalue weighted by atomic mass is 10.1. The summed E-state index contributed by atoms with van der Waals surface area (Å²) in [4.78, 5) is 4.59. The Bertz CT molecular complexity index is 1100. The molecule has 3 aromatic rings. The van der Waals surface area contributed by atoms with E-state index in [-0.39, 0.29) is 11.5 Å². The molecule has 0 bridgehead atoms. The molecular weight excluding hydrogens is 426 g/mol. The zero-order valence-corrected chi connectivity index (χ0v) is 18.4. The smallest absolute Gasteiger partial charge is 0.213 e. The van der Waals surface area contributed by atoms with Crippen LogP contribution in [-0.4, -0.2) is 33.9 Å². The molecule has 158 valence electrons. The Morgan fingerprint density at radius 3 is 2.17 bits per heavy atom. The van der Waals surface area contributed by atoms with Crippen molar-refractivity contribution < 1.29 is 22.6 Å². The van der Waals surface area contributed by atoms with Gasteiger partial charge in [-0.05, 0) is 41.0 Å². The van der Waals surface area contributed by atoms with E-state index in [1.54, 1.807) is 50.7 Å². The normalized spacial score (nSPS) is 12.3. The molecule has 0 aliphatic heterocycles. The van der Waals surface area contributed by atoms with Gasteiger partial charge in [-0.25, -0.2) is 13.4 Å². The molecule has 0 saturated heterocycles. The number of alkyl halides is 1. The molecule has 30 heavy (non-hydrogen) atoms. The van der Waals surface area contributed by atoms with Crippen molar-refractivity contribution >= 4 is 21.4 Å². The van der Waals surface area contributed by atoms with Crippen LogP contribution in [-0.2, 0) is 16.4 Å². The van der Waals surface area contributed by atoms with E-state index in [4.69, 9.17) is 25.8 Å². The Labute approximate surface area is 181 Å². The molecule has 8 heteroatoms. The summed E-state index contributed by atoms with van der Waals surface area (Å²) in [5.74, 6) is 1.69. The largest absolute Gasteiger partial charge is 0.493 e. The predicted molar refractivity (Wildman–Crippen MR) is 115 cm³/mol. The highest BCUT2D eigenvalue weighted by Crippen LogP contribution is 2.35. The number of hydrogen-bond acceptors (Lipinski definition) is 6. The standard InChI is InChI=1S/C22H22ClNO5S/c1-27-19-10-6-16(12-20(19)28-2)22(23)17-7-11-21(24-13-17)29-14-15-4-8-18(9-5-15)30(3,25)26/h4-13,22H,14H2,1-3H3. The van der Waals surface area contributed by atoms with Crippen LogP contribution in [0.25, 0.3) is 0 Å². The first kappa shape index (κ1) is 21.9. The molecule has 1 heterocycles. The minimum Gasteiger partial charge on any atom is -0.493 e. The van der Waals surface area contributed by atoms with Gasteiger partial charge in [0, 0.05) is 18.5 Å². The Balaban J connectivity index is 1.66. The van der Waals surface area contributed by atoms with Gasteiger partial charge in [0.2, 0.25) is 5.88 Å². The number of halogens is 1. The highest BCUT2D eigenvalue weighted by molar-refractivity contribution is 7.90. The zero-order valence-electron chi connectivity index (χ0n) is 16.8. The molecule has 0 spiro atoms. The lowest BCUT2D eigenvalue weighted by molar-refractivity contribution is 0.293. The molecule has 0 saturated carbocycles. The summed E-state index contributed by atoms with van der Waals surface area (Å²) in [6, 6.07) is 15.7. The first-order valence-electron chi connectivity index (χ1n) is 9.05. The van der Waals surface area contributed by atoms with Crippen LogP contribution in [0.1, 0.15) is 22.1 Å². The molecule has 2 aromatic carbocycles. The number of rotatable bonds is 8. The maximum atomic E-state index is 11.5. The lowest BCUT2D eigenvalue weighted by Gasteiger charge is -2.14. The van der Waals surface area contributed by atoms with Gasteiger partial charge >= 0.3 is 0 Å². The topological polar surface area (TPSA) is 74.7 Å². The van der Waals surface area contributed by atoms with E-state index in [9.17, 15) is 8.42 Å². The lowest BCUT2D eigenvalue weighted by Crippen LogP contribution is -2.01. The maximum Gasteiger partial charge on any atom is 0.213 e. The Kier molecular flexibility index (Phi) is 6.84. The molecule has 1 unspecified atom stereocenters. The Morgan fingerprint density at radius 1 is 0.933 bits per heavy atom. The molecular formula is C22H22ClNO5S. The van der Waals surface area contributed by atoms with Crippen molar-refractivity contribution in [1.29, 1.82) is 0 Å². The molecule has 0 aliphatic carbocycles. The van der Waals surface area contributed by atoms with E-state index in [1.165, 1.54) is 6.26 Å². The van der Waals surface area contributed by atoms with Crippen molar-refractivity contribution in [2.45, 2.75) is 16.9 Å².